The quantitative estimate of drug-likeness (QED) is 0.776. The van der Waals surface area contributed by atoms with Crippen molar-refractivity contribution < 1.29 is 9.59 Å². The van der Waals surface area contributed by atoms with Gasteiger partial charge in [0, 0.05) is 18.0 Å². The van der Waals surface area contributed by atoms with Gasteiger partial charge in [0.2, 0.25) is 11.8 Å². The van der Waals surface area contributed by atoms with Crippen LogP contribution < -0.4 is 10.6 Å². The molecule has 0 bridgehead atoms. The lowest BCUT2D eigenvalue weighted by atomic mass is 9.87. The molecule has 0 spiro atoms. The lowest BCUT2D eigenvalue weighted by Gasteiger charge is -2.25. The fourth-order valence-electron chi connectivity index (χ4n) is 3.21. The zero-order valence-electron chi connectivity index (χ0n) is 16.7. The van der Waals surface area contributed by atoms with Crippen molar-refractivity contribution in [2.45, 2.75) is 33.1 Å². The van der Waals surface area contributed by atoms with Crippen LogP contribution in [0.3, 0.4) is 0 Å². The van der Waals surface area contributed by atoms with Crippen molar-refractivity contribution in [1.82, 2.24) is 5.32 Å². The molecule has 0 fully saturated rings. The number of benzene rings is 2. The Balaban J connectivity index is 1.76. The van der Waals surface area contributed by atoms with Crippen molar-refractivity contribution in [2.24, 2.45) is 0 Å². The van der Waals surface area contributed by atoms with Gasteiger partial charge in [0.05, 0.1) is 22.4 Å². The molecule has 1 aliphatic heterocycles. The van der Waals surface area contributed by atoms with Gasteiger partial charge in [-0.1, -0.05) is 53.7 Å². The van der Waals surface area contributed by atoms with Crippen LogP contribution in [0.1, 0.15) is 34.6 Å². The summed E-state index contributed by atoms with van der Waals surface area (Å²) in [6, 6.07) is 16.0. The average Bonchev–Trinajstić information content (AvgIpc) is 2.69. The monoisotopic (exact) mass is 405 g/mol. The lowest BCUT2D eigenvalue weighted by molar-refractivity contribution is -0.121. The van der Waals surface area contributed by atoms with Crippen molar-refractivity contribution in [1.29, 1.82) is 5.26 Å². The van der Waals surface area contributed by atoms with E-state index in [0.29, 0.717) is 10.6 Å². The second kappa shape index (κ2) is 8.97. The van der Waals surface area contributed by atoms with Crippen LogP contribution in [0.4, 0.5) is 5.69 Å². The summed E-state index contributed by atoms with van der Waals surface area (Å²) in [4.78, 5) is 24.7. The van der Waals surface area contributed by atoms with Crippen LogP contribution >= 0.6 is 11.8 Å². The van der Waals surface area contributed by atoms with Gasteiger partial charge in [-0.25, -0.2) is 0 Å². The second-order valence-corrected chi connectivity index (χ2v) is 8.21. The van der Waals surface area contributed by atoms with Crippen LogP contribution in [0, 0.1) is 32.1 Å². The molecule has 0 saturated heterocycles. The molecule has 0 saturated carbocycles. The Labute approximate surface area is 175 Å². The standard InChI is InChI=1S/C23H23N3O2S/c1-14-5-8-17(9-6-14)18-11-21(27)26-23(19(18)12-24)29-13-22(28)25-20-10-15(2)4-7-16(20)3/h4-10,18H,11,13H2,1-3H3,(H,25,28)(H,26,27)/t18-/m0/s1. The number of nitrogens with zero attached hydrogens (tertiary/aromatic N) is 1. The zero-order valence-corrected chi connectivity index (χ0v) is 17.5. The number of thioether (sulfide) groups is 1. The van der Waals surface area contributed by atoms with Crippen LogP contribution in [0.2, 0.25) is 0 Å². The Kier molecular flexibility index (Phi) is 6.40. The first-order chi connectivity index (χ1) is 13.9. The third-order valence-corrected chi connectivity index (χ3v) is 5.87. The number of amides is 2. The van der Waals surface area contributed by atoms with Crippen molar-refractivity contribution in [3.8, 4) is 6.07 Å². The van der Waals surface area contributed by atoms with E-state index in [9.17, 15) is 14.9 Å². The topological polar surface area (TPSA) is 82.0 Å². The fraction of sp³-hybridized carbons (Fsp3) is 0.261. The van der Waals surface area contributed by atoms with E-state index in [4.69, 9.17) is 0 Å². The van der Waals surface area contributed by atoms with Crippen LogP contribution in [-0.2, 0) is 9.59 Å². The first-order valence-corrected chi connectivity index (χ1v) is 10.4. The number of allylic oxidation sites excluding steroid dienone is 1. The molecule has 3 rings (SSSR count). The van der Waals surface area contributed by atoms with Crippen LogP contribution in [0.15, 0.2) is 53.1 Å². The molecule has 2 N–H and O–H groups in total. The third kappa shape index (κ3) is 5.07. The lowest BCUT2D eigenvalue weighted by Crippen LogP contribution is -2.31. The first kappa shape index (κ1) is 20.7. The van der Waals surface area contributed by atoms with Gasteiger partial charge >= 0.3 is 0 Å². The highest BCUT2D eigenvalue weighted by atomic mass is 32.2. The highest BCUT2D eigenvalue weighted by Gasteiger charge is 2.29. The predicted molar refractivity (Wildman–Crippen MR) is 116 cm³/mol. The fourth-order valence-corrected chi connectivity index (χ4v) is 4.09. The highest BCUT2D eigenvalue weighted by molar-refractivity contribution is 8.03. The highest BCUT2D eigenvalue weighted by Crippen LogP contribution is 2.36. The minimum atomic E-state index is -0.293. The van der Waals surface area contributed by atoms with E-state index in [1.807, 2.05) is 63.2 Å². The number of hydrogen-bond acceptors (Lipinski definition) is 4. The minimum Gasteiger partial charge on any atom is -0.325 e. The summed E-state index contributed by atoms with van der Waals surface area (Å²) in [5, 5.41) is 15.9. The Bertz CT molecular complexity index is 1020. The number of nitrogens with one attached hydrogen (secondary N) is 2. The summed E-state index contributed by atoms with van der Waals surface area (Å²) in [6.45, 7) is 5.90. The van der Waals surface area contributed by atoms with Crippen molar-refractivity contribution in [3.05, 3.63) is 75.3 Å². The summed E-state index contributed by atoms with van der Waals surface area (Å²) in [5.74, 6) is -0.513. The Morgan fingerprint density at radius 3 is 2.55 bits per heavy atom. The Hall–Kier alpha value is -3.04. The zero-order chi connectivity index (χ0) is 21.0. The molecule has 2 amide bonds. The summed E-state index contributed by atoms with van der Waals surface area (Å²) in [5.41, 5.74) is 5.37. The van der Waals surface area contributed by atoms with Crippen LogP contribution in [0.25, 0.3) is 0 Å². The molecule has 2 aromatic carbocycles. The summed E-state index contributed by atoms with van der Waals surface area (Å²) in [7, 11) is 0. The average molecular weight is 406 g/mol. The van der Waals surface area contributed by atoms with Crippen LogP contribution in [-0.4, -0.2) is 17.6 Å². The van der Waals surface area contributed by atoms with Gasteiger partial charge in [0.15, 0.2) is 0 Å². The number of nitriles is 1. The number of aryl methyl sites for hydroxylation is 3. The van der Waals surface area contributed by atoms with E-state index >= 15 is 0 Å². The minimum absolute atomic E-state index is 0.106. The number of carbonyl (C=O) groups excluding carboxylic acids is 2. The van der Waals surface area contributed by atoms with Crippen molar-refractivity contribution in [3.63, 3.8) is 0 Å². The molecule has 5 nitrogen and oxygen atoms in total. The number of carbonyl (C=O) groups is 2. The summed E-state index contributed by atoms with van der Waals surface area (Å²) < 4.78 is 0. The Morgan fingerprint density at radius 1 is 1.17 bits per heavy atom. The molecule has 6 heteroatoms. The molecular formula is C23H23N3O2S. The van der Waals surface area contributed by atoms with Crippen molar-refractivity contribution >= 4 is 29.3 Å². The molecule has 0 aliphatic carbocycles. The largest absolute Gasteiger partial charge is 0.325 e. The van der Waals surface area contributed by atoms with Gasteiger partial charge in [0.25, 0.3) is 0 Å². The molecule has 0 radical (unpaired) electrons. The SMILES string of the molecule is Cc1ccc([C@@H]2CC(=O)NC(SCC(=O)Nc3cc(C)ccc3C)=C2C#N)cc1. The van der Waals surface area contributed by atoms with Crippen LogP contribution in [0.5, 0.6) is 0 Å². The van der Waals surface area contributed by atoms with E-state index in [-0.39, 0.29) is 29.9 Å². The molecule has 2 aromatic rings. The number of rotatable bonds is 5. The van der Waals surface area contributed by atoms with Crippen molar-refractivity contribution in [2.75, 3.05) is 11.1 Å². The van der Waals surface area contributed by atoms with E-state index in [0.717, 1.165) is 27.9 Å². The van der Waals surface area contributed by atoms with Gasteiger partial charge in [-0.05, 0) is 43.5 Å². The maximum atomic E-state index is 12.4. The van der Waals surface area contributed by atoms with Gasteiger partial charge in [-0.2, -0.15) is 5.26 Å². The number of anilines is 1. The normalized spacial score (nSPS) is 16.2. The third-order valence-electron chi connectivity index (χ3n) is 4.85. The molecule has 29 heavy (non-hydrogen) atoms. The maximum Gasteiger partial charge on any atom is 0.234 e. The summed E-state index contributed by atoms with van der Waals surface area (Å²) >= 11 is 1.19. The molecular weight excluding hydrogens is 382 g/mol. The second-order valence-electron chi connectivity index (χ2n) is 7.23. The van der Waals surface area contributed by atoms with E-state index < -0.39 is 0 Å². The molecule has 1 heterocycles. The van der Waals surface area contributed by atoms with Gasteiger partial charge in [-0.15, -0.1) is 0 Å². The maximum absolute atomic E-state index is 12.4. The smallest absolute Gasteiger partial charge is 0.234 e. The van der Waals surface area contributed by atoms with Gasteiger partial charge < -0.3 is 10.6 Å². The predicted octanol–water partition coefficient (Wildman–Crippen LogP) is 4.32. The number of hydrogen-bond donors (Lipinski definition) is 2. The van der Waals surface area contributed by atoms with Gasteiger partial charge in [-0.3, -0.25) is 9.59 Å². The molecule has 148 valence electrons. The Morgan fingerprint density at radius 2 is 1.86 bits per heavy atom. The van der Waals surface area contributed by atoms with Gasteiger partial charge in [0.1, 0.15) is 0 Å². The molecule has 1 atom stereocenters. The molecule has 0 unspecified atom stereocenters. The van der Waals surface area contributed by atoms with E-state index in [1.54, 1.807) is 0 Å². The molecule has 1 aliphatic rings. The first-order valence-electron chi connectivity index (χ1n) is 9.38. The van der Waals surface area contributed by atoms with E-state index in [2.05, 4.69) is 16.7 Å². The molecule has 0 aromatic heterocycles. The van der Waals surface area contributed by atoms with E-state index in [1.165, 1.54) is 11.8 Å². The summed E-state index contributed by atoms with van der Waals surface area (Å²) in [6.07, 6.45) is 0.227.